The number of piperidine rings is 1. The zero-order valence-corrected chi connectivity index (χ0v) is 58.9. The second-order valence-electron chi connectivity index (χ2n) is 30.3. The molecule has 5 aliphatic heterocycles. The fourth-order valence-electron chi connectivity index (χ4n) is 15.6. The van der Waals surface area contributed by atoms with Crippen LogP contribution in [0, 0.1) is 34.5 Å². The molecule has 0 aliphatic carbocycles. The zero-order valence-electron chi connectivity index (χ0n) is 58.9. The first-order valence-corrected chi connectivity index (χ1v) is 33.7. The number of nitrogens with zero attached hydrogens (tertiary/aromatic N) is 7. The minimum atomic E-state index is -1.61. The van der Waals surface area contributed by atoms with Crippen LogP contribution in [0.4, 0.5) is 0 Å². The SMILES string of the molecule is CO[C@]1(C)C[C@@H](C)CN(C)CCCN(C)CCOC(=O)C(C)(C)C(=O)[C@H](C)[C@H]1O[C@@H]1O[C@H](CC[C@H]2CN(C)CC3(CCN(Cc4ccc5ccncc5c4)CC3)OC(=O)C(C)(C)C(=O)[C@H](C)[C@@H](O[C@@H]3O[C@H](C)C[C@H](N(C)C)[C@H]3O)[C@](C)(OC)C2)C[C@H](N(C)C)[C@H]1O. The van der Waals surface area contributed by atoms with Crippen molar-refractivity contribution < 1.29 is 67.3 Å². The molecule has 1 spiro atoms. The van der Waals surface area contributed by atoms with Gasteiger partial charge in [0, 0.05) is 115 Å². The van der Waals surface area contributed by atoms with Gasteiger partial charge in [0.1, 0.15) is 35.2 Å². The second-order valence-corrected chi connectivity index (χ2v) is 30.3. The third kappa shape index (κ3) is 18.3. The number of likely N-dealkylation sites (tertiary alicyclic amines) is 1. The van der Waals surface area contributed by atoms with Gasteiger partial charge in [-0.1, -0.05) is 32.9 Å². The summed E-state index contributed by atoms with van der Waals surface area (Å²) in [7, 11) is 17.1. The number of hydrogen-bond donors (Lipinski definition) is 2. The second kappa shape index (κ2) is 31.5. The Kier molecular flexibility index (Phi) is 25.9. The van der Waals surface area contributed by atoms with E-state index >= 15 is 4.79 Å². The number of rotatable bonds is 13. The summed E-state index contributed by atoms with van der Waals surface area (Å²) in [5.41, 5.74) is -5.20. The molecule has 516 valence electrons. The quantitative estimate of drug-likeness (QED) is 0.161. The van der Waals surface area contributed by atoms with E-state index in [4.69, 9.17) is 37.9 Å². The Hall–Kier alpha value is -3.65. The van der Waals surface area contributed by atoms with Crippen LogP contribution < -0.4 is 0 Å². The van der Waals surface area contributed by atoms with Crippen molar-refractivity contribution in [2.75, 3.05) is 123 Å². The number of hydrogen-bond acceptors (Lipinski definition) is 21. The molecule has 21 heteroatoms. The lowest BCUT2D eigenvalue weighted by molar-refractivity contribution is -0.299. The van der Waals surface area contributed by atoms with E-state index in [0.717, 1.165) is 36.8 Å². The lowest BCUT2D eigenvalue weighted by Crippen LogP contribution is -2.60. The first-order valence-electron chi connectivity index (χ1n) is 33.7. The van der Waals surface area contributed by atoms with Crippen LogP contribution in [0.5, 0.6) is 0 Å². The van der Waals surface area contributed by atoms with Gasteiger partial charge >= 0.3 is 11.9 Å². The number of Topliss-reactive ketones (excluding diaryl/α,β-unsaturated/α-hetero) is 2. The number of carbonyl (C=O) groups is 4. The molecule has 5 saturated heterocycles. The van der Waals surface area contributed by atoms with Crippen molar-refractivity contribution in [1.29, 1.82) is 0 Å². The maximum Gasteiger partial charge on any atom is 0.319 e. The van der Waals surface area contributed by atoms with Crippen LogP contribution in [0.2, 0.25) is 0 Å². The third-order valence-corrected chi connectivity index (χ3v) is 21.2. The number of esters is 2. The van der Waals surface area contributed by atoms with Crippen molar-refractivity contribution in [3.05, 3.63) is 42.2 Å². The standard InChI is InChI=1S/C70H117N7O14/c1-45-38-68(9,84-18)60(47(3)58(80)66(5,6)64(82)86-34-33-74(15)29-20-30-75(16)41-45)90-63-57(79)55(73(13)14)37-53(88-63)24-22-50-39-69(10,85-19)61(89-62-56(78)54(72(11)12)35-46(2)87-62)48(4)59(81)67(7,8)65(83)91-70(44-76(17)42-50)26-31-77(32-27-70)43-49-21-23-51-25-28-71-40-52(51)36-49/h21,23,25,28,36,40,45-48,50,53-57,60-63,78-79H,20,22,24,26-27,29-35,37-39,41-44H2,1-19H3/t45-,46-,47+,48+,50-,53-,54+,55+,56-,57-,60-,61-,62+,63+,68-,69-/m1/s1. The number of ketones is 2. The van der Waals surface area contributed by atoms with Crippen molar-refractivity contribution in [3.8, 4) is 0 Å². The van der Waals surface area contributed by atoms with E-state index < -0.39 is 101 Å². The number of carbonyl (C=O) groups excluding carboxylic acids is 4. The number of benzene rings is 1. The number of pyridine rings is 1. The summed E-state index contributed by atoms with van der Waals surface area (Å²) in [5.74, 6) is -3.92. The number of likely N-dealkylation sites (N-methyl/N-ethyl adjacent to an activating group) is 4. The van der Waals surface area contributed by atoms with Crippen molar-refractivity contribution in [2.24, 2.45) is 34.5 Å². The van der Waals surface area contributed by atoms with E-state index in [9.17, 15) is 24.6 Å². The van der Waals surface area contributed by atoms with E-state index in [1.54, 1.807) is 62.0 Å². The Morgan fingerprint density at radius 3 is 1.84 bits per heavy atom. The average molecular weight is 1280 g/mol. The first-order chi connectivity index (χ1) is 42.7. The smallest absolute Gasteiger partial charge is 0.319 e. The fraction of sp³-hybridized carbons (Fsp3) is 0.814. The van der Waals surface area contributed by atoms with Gasteiger partial charge in [-0.05, 0) is 191 Å². The van der Waals surface area contributed by atoms with Crippen LogP contribution >= 0.6 is 0 Å². The fourth-order valence-corrected chi connectivity index (χ4v) is 15.6. The molecule has 2 aromatic rings. The Morgan fingerprint density at radius 1 is 0.659 bits per heavy atom. The Balaban J connectivity index is 1.22. The molecule has 5 fully saturated rings. The molecule has 1 aromatic heterocycles. The van der Waals surface area contributed by atoms with Crippen LogP contribution in [-0.2, 0) is 63.6 Å². The van der Waals surface area contributed by atoms with Gasteiger partial charge in [0.2, 0.25) is 0 Å². The summed E-state index contributed by atoms with van der Waals surface area (Å²) in [5, 5.41) is 26.7. The van der Waals surface area contributed by atoms with Gasteiger partial charge in [0.25, 0.3) is 0 Å². The third-order valence-electron chi connectivity index (χ3n) is 21.2. The van der Waals surface area contributed by atoms with Crippen LogP contribution in [0.3, 0.4) is 0 Å². The monoisotopic (exact) mass is 1280 g/mol. The number of aliphatic hydroxyl groups is 2. The van der Waals surface area contributed by atoms with Crippen molar-refractivity contribution in [3.63, 3.8) is 0 Å². The first kappa shape index (κ1) is 74.7. The highest BCUT2D eigenvalue weighted by atomic mass is 16.7. The lowest BCUT2D eigenvalue weighted by atomic mass is 9.73. The average Bonchev–Trinajstić information content (AvgIpc) is 1.64. The van der Waals surface area contributed by atoms with E-state index in [0.29, 0.717) is 90.6 Å². The van der Waals surface area contributed by atoms with Gasteiger partial charge in [0.15, 0.2) is 24.1 Å². The van der Waals surface area contributed by atoms with Gasteiger partial charge in [-0.25, -0.2) is 0 Å². The molecule has 16 atom stereocenters. The molecular formula is C70H117N7O14. The number of cyclic esters (lactones) is 1. The molecule has 6 heterocycles. The lowest BCUT2D eigenvalue weighted by Gasteiger charge is -2.48. The highest BCUT2D eigenvalue weighted by Crippen LogP contribution is 2.43. The minimum Gasteiger partial charge on any atom is -0.464 e. The summed E-state index contributed by atoms with van der Waals surface area (Å²) in [6, 6.07) is 7.75. The Labute approximate surface area is 544 Å². The molecule has 0 bridgehead atoms. The molecular weight excluding hydrogens is 1160 g/mol. The Bertz CT molecular complexity index is 2710. The van der Waals surface area contributed by atoms with E-state index in [-0.39, 0.29) is 42.2 Å². The number of fused-ring (bicyclic) bond motifs is 1. The van der Waals surface area contributed by atoms with Crippen molar-refractivity contribution in [2.45, 2.75) is 212 Å². The van der Waals surface area contributed by atoms with Crippen LogP contribution in [0.15, 0.2) is 36.7 Å². The summed E-state index contributed by atoms with van der Waals surface area (Å²) < 4.78 is 53.5. The Morgan fingerprint density at radius 2 is 1.23 bits per heavy atom. The van der Waals surface area contributed by atoms with Crippen LogP contribution in [-0.4, -0.2) is 269 Å². The number of aliphatic hydroxyl groups excluding tert-OH is 2. The summed E-state index contributed by atoms with van der Waals surface area (Å²) in [6.45, 7) is 24.2. The minimum absolute atomic E-state index is 0.0886. The van der Waals surface area contributed by atoms with Crippen LogP contribution in [0.25, 0.3) is 10.8 Å². The summed E-state index contributed by atoms with van der Waals surface area (Å²) >= 11 is 0. The predicted molar refractivity (Wildman–Crippen MR) is 350 cm³/mol. The number of methoxy groups -OCH3 is 2. The predicted octanol–water partition coefficient (Wildman–Crippen LogP) is 6.56. The molecule has 0 amide bonds. The molecule has 5 aliphatic rings. The molecule has 0 radical (unpaired) electrons. The summed E-state index contributed by atoms with van der Waals surface area (Å²) in [6.07, 6.45) is 1.36. The van der Waals surface area contributed by atoms with E-state index in [2.05, 4.69) is 63.8 Å². The number of aromatic nitrogens is 1. The van der Waals surface area contributed by atoms with Gasteiger partial charge in [-0.15, -0.1) is 0 Å². The molecule has 0 saturated carbocycles. The van der Waals surface area contributed by atoms with Crippen LogP contribution in [0.1, 0.15) is 133 Å². The molecule has 91 heavy (non-hydrogen) atoms. The van der Waals surface area contributed by atoms with Gasteiger partial charge in [-0.2, -0.15) is 0 Å². The largest absolute Gasteiger partial charge is 0.464 e. The van der Waals surface area contributed by atoms with Crippen molar-refractivity contribution >= 4 is 34.3 Å². The topological polar surface area (TPSA) is 215 Å². The van der Waals surface area contributed by atoms with Gasteiger partial charge in [-0.3, -0.25) is 29.1 Å². The number of ether oxygens (including phenoxy) is 8. The molecule has 2 N–H and O–H groups in total. The molecule has 7 rings (SSSR count). The van der Waals surface area contributed by atoms with E-state index in [1.165, 1.54) is 5.56 Å². The molecule has 1 aromatic carbocycles. The zero-order chi connectivity index (χ0) is 67.1. The van der Waals surface area contributed by atoms with E-state index in [1.807, 2.05) is 78.1 Å². The highest BCUT2D eigenvalue weighted by Gasteiger charge is 2.55. The van der Waals surface area contributed by atoms with Gasteiger partial charge < -0.3 is 72.6 Å². The maximum absolute atomic E-state index is 15.4. The van der Waals surface area contributed by atoms with Crippen molar-refractivity contribution in [1.82, 2.24) is 34.4 Å². The normalized spacial score (nSPS) is 36.6. The highest BCUT2D eigenvalue weighted by molar-refractivity contribution is 6.05. The molecule has 0 unspecified atom stereocenters. The summed E-state index contributed by atoms with van der Waals surface area (Å²) in [4.78, 5) is 76.7. The van der Waals surface area contributed by atoms with Gasteiger partial charge in [0.05, 0.1) is 35.6 Å². The molecule has 21 nitrogen and oxygen atoms in total. The maximum atomic E-state index is 15.4.